The molecule has 2 N–H and O–H groups in total. The van der Waals surface area contributed by atoms with Crippen molar-refractivity contribution in [2.75, 3.05) is 19.9 Å². The number of fused-ring (bicyclic) bond motifs is 1. The molecule has 0 aromatic heterocycles. The maximum Gasteiger partial charge on any atom is 0.231 e. The van der Waals surface area contributed by atoms with Crippen LogP contribution >= 0.6 is 0 Å². The van der Waals surface area contributed by atoms with E-state index in [1.165, 1.54) is 31.4 Å². The smallest absolute Gasteiger partial charge is 0.231 e. The van der Waals surface area contributed by atoms with E-state index in [0.29, 0.717) is 12.7 Å². The van der Waals surface area contributed by atoms with E-state index >= 15 is 0 Å². The Morgan fingerprint density at radius 3 is 2.65 bits per heavy atom. The van der Waals surface area contributed by atoms with E-state index in [2.05, 4.69) is 44.3 Å². The molecule has 3 nitrogen and oxygen atoms in total. The molecule has 3 heteroatoms. The first-order valence-electron chi connectivity index (χ1n) is 7.92. The van der Waals surface area contributed by atoms with E-state index < -0.39 is 0 Å². The van der Waals surface area contributed by atoms with Gasteiger partial charge in [-0.15, -0.1) is 0 Å². The van der Waals surface area contributed by atoms with Crippen molar-refractivity contribution in [3.8, 4) is 11.5 Å². The summed E-state index contributed by atoms with van der Waals surface area (Å²) in [6.07, 6.45) is 3.78. The molecule has 20 heavy (non-hydrogen) atoms. The van der Waals surface area contributed by atoms with E-state index in [0.717, 1.165) is 24.0 Å². The number of hydrogen-bond acceptors (Lipinski definition) is 2. The van der Waals surface area contributed by atoms with Crippen molar-refractivity contribution < 1.29 is 14.8 Å². The van der Waals surface area contributed by atoms with E-state index in [-0.39, 0.29) is 0 Å². The summed E-state index contributed by atoms with van der Waals surface area (Å²) < 4.78 is 10.9. The summed E-state index contributed by atoms with van der Waals surface area (Å²) in [5, 5.41) is 2.38. The van der Waals surface area contributed by atoms with Crippen LogP contribution in [0.15, 0.2) is 18.2 Å². The highest BCUT2D eigenvalue weighted by molar-refractivity contribution is 5.45. The molecular weight excluding hydrogens is 250 g/mol. The van der Waals surface area contributed by atoms with E-state index in [9.17, 15) is 0 Å². The minimum absolute atomic E-state index is 0.360. The Balaban J connectivity index is 2.03. The SMILES string of the molecule is CC[NH2+]CC[C@@H](CCC(C)C)c1ccc2c(c1)OCO2. The Kier molecular flexibility index (Phi) is 5.72. The molecule has 0 spiro atoms. The van der Waals surface area contributed by atoms with Crippen LogP contribution in [-0.4, -0.2) is 19.9 Å². The van der Waals surface area contributed by atoms with Gasteiger partial charge in [0.15, 0.2) is 11.5 Å². The second kappa shape index (κ2) is 7.53. The monoisotopic (exact) mass is 278 g/mol. The van der Waals surface area contributed by atoms with Crippen LogP contribution in [0, 0.1) is 5.92 Å². The lowest BCUT2D eigenvalue weighted by atomic mass is 9.88. The van der Waals surface area contributed by atoms with Crippen molar-refractivity contribution in [1.82, 2.24) is 0 Å². The van der Waals surface area contributed by atoms with Crippen LogP contribution in [0.1, 0.15) is 51.5 Å². The van der Waals surface area contributed by atoms with Crippen molar-refractivity contribution in [2.24, 2.45) is 5.92 Å². The highest BCUT2D eigenvalue weighted by Crippen LogP contribution is 2.36. The summed E-state index contributed by atoms with van der Waals surface area (Å²) in [6, 6.07) is 6.45. The second-order valence-corrected chi connectivity index (χ2v) is 6.06. The van der Waals surface area contributed by atoms with Gasteiger partial charge in [0.2, 0.25) is 6.79 Å². The fourth-order valence-electron chi connectivity index (χ4n) is 2.70. The number of rotatable bonds is 8. The third-order valence-electron chi connectivity index (χ3n) is 3.97. The van der Waals surface area contributed by atoms with Gasteiger partial charge in [-0.1, -0.05) is 26.3 Å². The van der Waals surface area contributed by atoms with Gasteiger partial charge in [-0.25, -0.2) is 0 Å². The fraction of sp³-hybridized carbons (Fsp3) is 0.647. The highest BCUT2D eigenvalue weighted by Gasteiger charge is 2.18. The van der Waals surface area contributed by atoms with Gasteiger partial charge in [-0.3, -0.25) is 0 Å². The average molecular weight is 278 g/mol. The summed E-state index contributed by atoms with van der Waals surface area (Å²) >= 11 is 0. The van der Waals surface area contributed by atoms with Gasteiger partial charge in [0.1, 0.15) is 0 Å². The Morgan fingerprint density at radius 1 is 1.10 bits per heavy atom. The van der Waals surface area contributed by atoms with Gasteiger partial charge in [0.05, 0.1) is 13.1 Å². The third kappa shape index (κ3) is 4.14. The summed E-state index contributed by atoms with van der Waals surface area (Å²) in [4.78, 5) is 0. The molecular formula is C17H28NO2+. The molecule has 1 aromatic carbocycles. The van der Waals surface area contributed by atoms with E-state index in [4.69, 9.17) is 9.47 Å². The van der Waals surface area contributed by atoms with Crippen molar-refractivity contribution in [1.29, 1.82) is 0 Å². The Bertz CT molecular complexity index is 417. The maximum absolute atomic E-state index is 5.51. The van der Waals surface area contributed by atoms with Crippen molar-refractivity contribution >= 4 is 0 Å². The molecule has 0 bridgehead atoms. The summed E-state index contributed by atoms with van der Waals surface area (Å²) in [5.41, 5.74) is 1.40. The van der Waals surface area contributed by atoms with Crippen LogP contribution in [0.4, 0.5) is 0 Å². The predicted octanol–water partition coefficient (Wildman–Crippen LogP) is 2.91. The van der Waals surface area contributed by atoms with E-state index in [1.807, 2.05) is 0 Å². The first-order valence-corrected chi connectivity index (χ1v) is 7.92. The quantitative estimate of drug-likeness (QED) is 0.742. The Morgan fingerprint density at radius 2 is 1.90 bits per heavy atom. The summed E-state index contributed by atoms with van der Waals surface area (Å²) in [5.74, 6) is 3.20. The Labute approximate surface area is 122 Å². The van der Waals surface area contributed by atoms with Crippen molar-refractivity contribution in [3.63, 3.8) is 0 Å². The molecule has 2 rings (SSSR count). The molecule has 0 radical (unpaired) electrons. The molecule has 1 heterocycles. The van der Waals surface area contributed by atoms with Crippen LogP contribution in [0.2, 0.25) is 0 Å². The molecule has 0 unspecified atom stereocenters. The zero-order chi connectivity index (χ0) is 14.4. The van der Waals surface area contributed by atoms with Crippen LogP contribution in [0.25, 0.3) is 0 Å². The molecule has 1 aliphatic heterocycles. The van der Waals surface area contributed by atoms with Crippen LogP contribution < -0.4 is 14.8 Å². The van der Waals surface area contributed by atoms with Gasteiger partial charge >= 0.3 is 0 Å². The zero-order valence-electron chi connectivity index (χ0n) is 13.0. The Hall–Kier alpha value is -1.22. The first kappa shape index (κ1) is 15.2. The third-order valence-corrected chi connectivity index (χ3v) is 3.97. The standard InChI is InChI=1S/C17H27NO2/c1-4-18-10-9-14(6-5-13(2)3)15-7-8-16-17(11-15)20-12-19-16/h7-8,11,13-14,18H,4-6,9-10,12H2,1-3H3/p+1/t14-/m1/s1. The molecule has 1 atom stereocenters. The molecule has 0 aliphatic carbocycles. The van der Waals surface area contributed by atoms with Gasteiger partial charge in [-0.2, -0.15) is 0 Å². The largest absolute Gasteiger partial charge is 0.454 e. The molecule has 1 aromatic rings. The number of hydrogen-bond donors (Lipinski definition) is 1. The lowest BCUT2D eigenvalue weighted by Crippen LogP contribution is -2.83. The maximum atomic E-state index is 5.51. The molecule has 0 fully saturated rings. The number of benzene rings is 1. The minimum atomic E-state index is 0.360. The normalized spacial score (nSPS) is 14.8. The van der Waals surface area contributed by atoms with Crippen LogP contribution in [0.5, 0.6) is 11.5 Å². The number of quaternary nitrogens is 1. The molecule has 0 amide bonds. The number of ether oxygens (including phenoxy) is 2. The summed E-state index contributed by atoms with van der Waals surface area (Å²) in [6.45, 7) is 9.54. The van der Waals surface area contributed by atoms with Gasteiger partial charge in [0, 0.05) is 6.42 Å². The molecule has 0 saturated heterocycles. The van der Waals surface area contributed by atoms with Crippen molar-refractivity contribution in [2.45, 2.75) is 46.0 Å². The zero-order valence-corrected chi connectivity index (χ0v) is 13.0. The van der Waals surface area contributed by atoms with E-state index in [1.54, 1.807) is 0 Å². The fourth-order valence-corrected chi connectivity index (χ4v) is 2.70. The molecule has 112 valence electrons. The van der Waals surface area contributed by atoms with Gasteiger partial charge in [0.25, 0.3) is 0 Å². The predicted molar refractivity (Wildman–Crippen MR) is 81.3 cm³/mol. The van der Waals surface area contributed by atoms with Crippen LogP contribution in [-0.2, 0) is 0 Å². The topological polar surface area (TPSA) is 35.1 Å². The number of nitrogens with two attached hydrogens (primary N) is 1. The first-order chi connectivity index (χ1) is 9.70. The molecule has 0 saturated carbocycles. The molecule has 1 aliphatic rings. The second-order valence-electron chi connectivity index (χ2n) is 6.06. The van der Waals surface area contributed by atoms with Gasteiger partial charge < -0.3 is 14.8 Å². The van der Waals surface area contributed by atoms with Crippen molar-refractivity contribution in [3.05, 3.63) is 23.8 Å². The van der Waals surface area contributed by atoms with Gasteiger partial charge in [-0.05, 0) is 42.9 Å². The minimum Gasteiger partial charge on any atom is -0.454 e. The average Bonchev–Trinajstić information content (AvgIpc) is 2.89. The lowest BCUT2D eigenvalue weighted by Gasteiger charge is -2.18. The highest BCUT2D eigenvalue weighted by atomic mass is 16.7. The van der Waals surface area contributed by atoms with Crippen LogP contribution in [0.3, 0.4) is 0 Å². The lowest BCUT2D eigenvalue weighted by molar-refractivity contribution is -0.652. The summed E-state index contributed by atoms with van der Waals surface area (Å²) in [7, 11) is 0.